The van der Waals surface area contributed by atoms with E-state index in [1.54, 1.807) is 18.2 Å². The Morgan fingerprint density at radius 1 is 1.19 bits per heavy atom. The monoisotopic (exact) mass is 385 g/mol. The molecule has 0 bridgehead atoms. The molecule has 1 heterocycles. The Labute approximate surface area is 150 Å². The van der Waals surface area contributed by atoms with Gasteiger partial charge in [0.1, 0.15) is 0 Å². The van der Waals surface area contributed by atoms with Crippen LogP contribution < -0.4 is 5.32 Å². The first kappa shape index (κ1) is 19.7. The van der Waals surface area contributed by atoms with E-state index in [2.05, 4.69) is 15.3 Å². The van der Waals surface area contributed by atoms with E-state index < -0.39 is 23.9 Å². The molecule has 1 aromatic carbocycles. The van der Waals surface area contributed by atoms with Gasteiger partial charge < -0.3 is 10.4 Å². The normalized spacial score (nSPS) is 11.2. The molecule has 0 fully saturated rings. The van der Waals surface area contributed by atoms with Crippen molar-refractivity contribution in [3.8, 4) is 0 Å². The van der Waals surface area contributed by atoms with E-state index in [-0.39, 0.29) is 12.0 Å². The molecule has 2 rings (SSSR count). The smallest absolute Gasteiger partial charge is 0.451 e. The fourth-order valence-electron chi connectivity index (χ4n) is 1.88. The molecule has 1 amide bonds. The molecule has 26 heavy (non-hydrogen) atoms. The highest BCUT2D eigenvalue weighted by atomic mass is 32.2. The van der Waals surface area contributed by atoms with Crippen molar-refractivity contribution in [1.29, 1.82) is 0 Å². The Balaban J connectivity index is 1.96. The van der Waals surface area contributed by atoms with Gasteiger partial charge in [-0.05, 0) is 17.7 Å². The summed E-state index contributed by atoms with van der Waals surface area (Å²) in [5, 5.41) is 11.2. The number of carboxylic acid groups (broad SMARTS) is 1. The standard InChI is InChI=1S/C16H14F3N3O3S/c17-16(18,19)15-20-7-11(8-21-15)14(25)22-12-3-1-2-10(6-12)9-26-5-4-13(23)24/h1-3,6-8H,4-5,9H2,(H,22,25)(H,23,24). The fourth-order valence-corrected chi connectivity index (χ4v) is 2.76. The van der Waals surface area contributed by atoms with Crippen molar-refractivity contribution >= 4 is 29.3 Å². The van der Waals surface area contributed by atoms with Crippen LogP contribution in [0.25, 0.3) is 0 Å². The van der Waals surface area contributed by atoms with Crippen LogP contribution in [0, 0.1) is 0 Å². The maximum absolute atomic E-state index is 12.4. The number of aromatic nitrogens is 2. The number of carboxylic acids is 1. The number of nitrogens with one attached hydrogen (secondary N) is 1. The molecule has 0 aliphatic carbocycles. The first-order chi connectivity index (χ1) is 12.3. The Morgan fingerprint density at radius 2 is 1.88 bits per heavy atom. The van der Waals surface area contributed by atoms with Gasteiger partial charge in [0.05, 0.1) is 12.0 Å². The van der Waals surface area contributed by atoms with Crippen molar-refractivity contribution in [2.75, 3.05) is 11.1 Å². The second-order valence-electron chi connectivity index (χ2n) is 5.14. The maximum atomic E-state index is 12.4. The number of nitrogens with zero attached hydrogens (tertiary/aromatic N) is 2. The minimum absolute atomic E-state index is 0.0645. The van der Waals surface area contributed by atoms with E-state index in [1.807, 2.05) is 6.07 Å². The van der Waals surface area contributed by atoms with Gasteiger partial charge in [0.25, 0.3) is 5.91 Å². The molecule has 138 valence electrons. The van der Waals surface area contributed by atoms with Gasteiger partial charge in [0, 0.05) is 29.6 Å². The number of thioether (sulfide) groups is 1. The largest absolute Gasteiger partial charge is 0.481 e. The van der Waals surface area contributed by atoms with Crippen LogP contribution in [-0.2, 0) is 16.7 Å². The number of carbonyl (C=O) groups is 2. The molecule has 6 nitrogen and oxygen atoms in total. The summed E-state index contributed by atoms with van der Waals surface area (Å²) < 4.78 is 37.3. The SMILES string of the molecule is O=C(O)CCSCc1cccc(NC(=O)c2cnc(C(F)(F)F)nc2)c1. The Morgan fingerprint density at radius 3 is 2.50 bits per heavy atom. The van der Waals surface area contributed by atoms with Gasteiger partial charge in [-0.15, -0.1) is 0 Å². The minimum atomic E-state index is -4.67. The van der Waals surface area contributed by atoms with E-state index >= 15 is 0 Å². The lowest BCUT2D eigenvalue weighted by molar-refractivity contribution is -0.145. The summed E-state index contributed by atoms with van der Waals surface area (Å²) >= 11 is 1.44. The number of carbonyl (C=O) groups excluding carboxylic acids is 1. The molecule has 0 spiro atoms. The third kappa shape index (κ3) is 6.03. The Kier molecular flexibility index (Phi) is 6.56. The van der Waals surface area contributed by atoms with Gasteiger partial charge in [-0.2, -0.15) is 24.9 Å². The number of aliphatic carboxylic acids is 1. The Hall–Kier alpha value is -2.62. The zero-order chi connectivity index (χ0) is 19.2. The van der Waals surface area contributed by atoms with Gasteiger partial charge in [-0.25, -0.2) is 9.97 Å². The van der Waals surface area contributed by atoms with E-state index in [0.29, 0.717) is 17.2 Å². The summed E-state index contributed by atoms with van der Waals surface area (Å²) in [5.41, 5.74) is 1.24. The number of rotatable bonds is 7. The molecule has 0 atom stereocenters. The second-order valence-corrected chi connectivity index (χ2v) is 6.25. The lowest BCUT2D eigenvalue weighted by atomic mass is 10.2. The zero-order valence-electron chi connectivity index (χ0n) is 13.3. The number of anilines is 1. The molecule has 0 radical (unpaired) electrons. The predicted octanol–water partition coefficient (Wildman–Crippen LogP) is 3.46. The first-order valence-corrected chi connectivity index (χ1v) is 8.50. The van der Waals surface area contributed by atoms with Crippen LogP contribution in [0.4, 0.5) is 18.9 Å². The van der Waals surface area contributed by atoms with Crippen LogP contribution in [0.1, 0.15) is 28.2 Å². The number of halogens is 3. The van der Waals surface area contributed by atoms with Gasteiger partial charge >= 0.3 is 12.1 Å². The maximum Gasteiger partial charge on any atom is 0.451 e. The van der Waals surface area contributed by atoms with Gasteiger partial charge in [0.2, 0.25) is 5.82 Å². The summed E-state index contributed by atoms with van der Waals surface area (Å²) in [6, 6.07) is 6.88. The molecular weight excluding hydrogens is 371 g/mol. The number of hydrogen-bond donors (Lipinski definition) is 2. The highest BCUT2D eigenvalue weighted by Crippen LogP contribution is 2.25. The van der Waals surface area contributed by atoms with Crippen molar-refractivity contribution in [2.45, 2.75) is 18.3 Å². The van der Waals surface area contributed by atoms with Crippen molar-refractivity contribution < 1.29 is 27.9 Å². The van der Waals surface area contributed by atoms with Crippen LogP contribution in [-0.4, -0.2) is 32.7 Å². The van der Waals surface area contributed by atoms with Gasteiger partial charge in [-0.3, -0.25) is 9.59 Å². The molecule has 0 unspecified atom stereocenters. The van der Waals surface area contributed by atoms with Crippen molar-refractivity contribution in [3.05, 3.63) is 53.6 Å². The summed E-state index contributed by atoms with van der Waals surface area (Å²) in [6.07, 6.45) is -2.97. The molecule has 2 N–H and O–H groups in total. The molecule has 0 saturated heterocycles. The third-order valence-corrected chi connectivity index (χ3v) is 4.11. The van der Waals surface area contributed by atoms with E-state index in [0.717, 1.165) is 18.0 Å². The first-order valence-electron chi connectivity index (χ1n) is 7.35. The highest BCUT2D eigenvalue weighted by molar-refractivity contribution is 7.98. The molecule has 0 aliphatic rings. The van der Waals surface area contributed by atoms with Crippen molar-refractivity contribution in [3.63, 3.8) is 0 Å². The molecule has 0 aliphatic heterocycles. The lowest BCUT2D eigenvalue weighted by Crippen LogP contribution is -2.16. The summed E-state index contributed by atoms with van der Waals surface area (Å²) in [6.45, 7) is 0. The summed E-state index contributed by atoms with van der Waals surface area (Å²) in [7, 11) is 0. The van der Waals surface area contributed by atoms with E-state index in [4.69, 9.17) is 5.11 Å². The predicted molar refractivity (Wildman–Crippen MR) is 89.8 cm³/mol. The molecule has 10 heteroatoms. The average Bonchev–Trinajstić information content (AvgIpc) is 2.58. The summed E-state index contributed by atoms with van der Waals surface area (Å²) in [4.78, 5) is 28.8. The molecule has 0 saturated carbocycles. The Bertz CT molecular complexity index is 782. The van der Waals surface area contributed by atoms with Crippen LogP contribution >= 0.6 is 11.8 Å². The van der Waals surface area contributed by atoms with E-state index in [9.17, 15) is 22.8 Å². The number of hydrogen-bond acceptors (Lipinski definition) is 5. The molecule has 2 aromatic rings. The van der Waals surface area contributed by atoms with Gasteiger partial charge in [-0.1, -0.05) is 12.1 Å². The van der Waals surface area contributed by atoms with Crippen molar-refractivity contribution in [1.82, 2.24) is 9.97 Å². The van der Waals surface area contributed by atoms with Crippen LogP contribution in [0.3, 0.4) is 0 Å². The third-order valence-electron chi connectivity index (χ3n) is 3.08. The molecule has 1 aromatic heterocycles. The van der Waals surface area contributed by atoms with Gasteiger partial charge in [0.15, 0.2) is 0 Å². The second kappa shape index (κ2) is 8.65. The fraction of sp³-hybridized carbons (Fsp3) is 0.250. The summed E-state index contributed by atoms with van der Waals surface area (Å²) in [5.74, 6) is -1.77. The highest BCUT2D eigenvalue weighted by Gasteiger charge is 2.34. The lowest BCUT2D eigenvalue weighted by Gasteiger charge is -2.08. The number of amides is 1. The van der Waals surface area contributed by atoms with Crippen molar-refractivity contribution in [2.24, 2.45) is 0 Å². The topological polar surface area (TPSA) is 92.2 Å². The zero-order valence-corrected chi connectivity index (χ0v) is 14.1. The number of alkyl halides is 3. The van der Waals surface area contributed by atoms with Crippen LogP contribution in [0.5, 0.6) is 0 Å². The minimum Gasteiger partial charge on any atom is -0.481 e. The quantitative estimate of drug-likeness (QED) is 0.709. The van der Waals surface area contributed by atoms with Crippen LogP contribution in [0.15, 0.2) is 36.7 Å². The number of benzene rings is 1. The average molecular weight is 385 g/mol. The van der Waals surface area contributed by atoms with Crippen LogP contribution in [0.2, 0.25) is 0 Å². The van der Waals surface area contributed by atoms with E-state index in [1.165, 1.54) is 11.8 Å². The molecular formula is C16H14F3N3O3S.